The van der Waals surface area contributed by atoms with Crippen LogP contribution in [0.4, 0.5) is 0 Å². The lowest BCUT2D eigenvalue weighted by Crippen LogP contribution is -2.28. The molecule has 2 atom stereocenters. The minimum Gasteiger partial charge on any atom is -0.463 e. The number of aliphatic hydroxyl groups is 1. The first-order valence-electron chi connectivity index (χ1n) is 4.37. The van der Waals surface area contributed by atoms with Gasteiger partial charge >= 0.3 is 5.97 Å². The summed E-state index contributed by atoms with van der Waals surface area (Å²) < 4.78 is 4.94. The van der Waals surface area contributed by atoms with Gasteiger partial charge in [-0.3, -0.25) is 4.79 Å². The maximum absolute atomic E-state index is 11.2. The number of hydrogen-bond acceptors (Lipinski definition) is 3. The zero-order valence-electron chi connectivity index (χ0n) is 8.20. The molecule has 72 valence electrons. The van der Waals surface area contributed by atoms with Crippen LogP contribution in [-0.2, 0) is 9.53 Å². The Kier molecular flexibility index (Phi) is 4.90. The van der Waals surface area contributed by atoms with Gasteiger partial charge in [0.25, 0.3) is 0 Å². The van der Waals surface area contributed by atoms with Gasteiger partial charge in [0.05, 0.1) is 18.1 Å². The van der Waals surface area contributed by atoms with Crippen molar-refractivity contribution in [3.8, 4) is 0 Å². The number of esters is 1. The molecule has 0 aliphatic rings. The maximum Gasteiger partial charge on any atom is 0.311 e. The lowest BCUT2D eigenvalue weighted by atomic mass is 10.0. The Bertz CT molecular complexity index is 143. The van der Waals surface area contributed by atoms with Crippen LogP contribution in [0.15, 0.2) is 0 Å². The molecule has 12 heavy (non-hydrogen) atoms. The number of hydrogen-bond donors (Lipinski definition) is 1. The quantitative estimate of drug-likeness (QED) is 0.654. The van der Waals surface area contributed by atoms with Crippen LogP contribution < -0.4 is 0 Å². The molecule has 0 aliphatic heterocycles. The molecule has 3 heteroatoms. The summed E-state index contributed by atoms with van der Waals surface area (Å²) in [4.78, 5) is 11.2. The van der Waals surface area contributed by atoms with E-state index < -0.39 is 12.0 Å². The lowest BCUT2D eigenvalue weighted by Gasteiger charge is -2.17. The highest BCUT2D eigenvalue weighted by Gasteiger charge is 2.22. The van der Waals surface area contributed by atoms with Gasteiger partial charge in [-0.05, 0) is 27.2 Å². The molecule has 0 aromatic heterocycles. The van der Waals surface area contributed by atoms with Crippen LogP contribution in [0.5, 0.6) is 0 Å². The van der Waals surface area contributed by atoms with E-state index in [0.29, 0.717) is 6.42 Å². The fraction of sp³-hybridized carbons (Fsp3) is 0.889. The van der Waals surface area contributed by atoms with Crippen LogP contribution in [0.2, 0.25) is 0 Å². The van der Waals surface area contributed by atoms with Crippen molar-refractivity contribution in [3.05, 3.63) is 0 Å². The first-order chi connectivity index (χ1) is 5.49. The molecule has 0 rings (SSSR count). The van der Waals surface area contributed by atoms with Gasteiger partial charge in [-0.2, -0.15) is 0 Å². The Hall–Kier alpha value is -0.570. The van der Waals surface area contributed by atoms with Crippen molar-refractivity contribution >= 4 is 5.97 Å². The van der Waals surface area contributed by atoms with E-state index in [1.165, 1.54) is 0 Å². The van der Waals surface area contributed by atoms with Crippen molar-refractivity contribution in [2.24, 2.45) is 5.92 Å². The third kappa shape index (κ3) is 3.72. The first-order valence-corrected chi connectivity index (χ1v) is 4.37. The predicted molar refractivity (Wildman–Crippen MR) is 46.7 cm³/mol. The van der Waals surface area contributed by atoms with E-state index in [-0.39, 0.29) is 12.1 Å². The Balaban J connectivity index is 3.92. The van der Waals surface area contributed by atoms with Gasteiger partial charge in [0.2, 0.25) is 0 Å². The van der Waals surface area contributed by atoms with E-state index in [1.807, 2.05) is 6.92 Å². The second-order valence-corrected chi connectivity index (χ2v) is 3.25. The molecule has 0 aromatic rings. The van der Waals surface area contributed by atoms with E-state index in [4.69, 9.17) is 4.74 Å². The Morgan fingerprint density at radius 1 is 1.42 bits per heavy atom. The fourth-order valence-corrected chi connectivity index (χ4v) is 0.850. The van der Waals surface area contributed by atoms with Gasteiger partial charge < -0.3 is 9.84 Å². The molecule has 0 aliphatic carbocycles. The third-order valence-corrected chi connectivity index (χ3v) is 1.72. The molecule has 2 unspecified atom stereocenters. The lowest BCUT2D eigenvalue weighted by molar-refractivity contribution is -0.155. The van der Waals surface area contributed by atoms with E-state index in [9.17, 15) is 9.90 Å². The van der Waals surface area contributed by atoms with Crippen LogP contribution in [0, 0.1) is 5.92 Å². The number of carbonyl (C=O) groups is 1. The van der Waals surface area contributed by atoms with E-state index in [1.54, 1.807) is 20.8 Å². The summed E-state index contributed by atoms with van der Waals surface area (Å²) in [5.41, 5.74) is 0. The van der Waals surface area contributed by atoms with Crippen molar-refractivity contribution in [2.45, 2.75) is 46.3 Å². The monoisotopic (exact) mass is 174 g/mol. The van der Waals surface area contributed by atoms with Crippen molar-refractivity contribution in [2.75, 3.05) is 0 Å². The van der Waals surface area contributed by atoms with Crippen molar-refractivity contribution in [1.82, 2.24) is 0 Å². The number of aliphatic hydroxyl groups excluding tert-OH is 1. The highest BCUT2D eigenvalue weighted by molar-refractivity contribution is 5.72. The molecule has 0 heterocycles. The summed E-state index contributed by atoms with van der Waals surface area (Å²) in [5.74, 6) is -0.739. The predicted octanol–water partition coefficient (Wildman–Crippen LogP) is 1.34. The van der Waals surface area contributed by atoms with Gasteiger partial charge in [-0.15, -0.1) is 0 Å². The van der Waals surface area contributed by atoms with Crippen LogP contribution >= 0.6 is 0 Å². The molecule has 3 nitrogen and oxygen atoms in total. The molecular weight excluding hydrogens is 156 g/mol. The number of rotatable bonds is 4. The minimum absolute atomic E-state index is 0.107. The Labute approximate surface area is 73.7 Å². The largest absolute Gasteiger partial charge is 0.463 e. The summed E-state index contributed by atoms with van der Waals surface area (Å²) in [6.07, 6.45) is -0.116. The molecule has 0 fully saturated rings. The van der Waals surface area contributed by atoms with Gasteiger partial charge in [0.15, 0.2) is 0 Å². The molecule has 0 saturated carbocycles. The summed E-state index contributed by atoms with van der Waals surface area (Å²) in [6, 6.07) is 0. The normalized spacial score (nSPS) is 15.8. The number of carbonyl (C=O) groups excluding carboxylic acids is 1. The minimum atomic E-state index is -0.587. The molecule has 0 bridgehead atoms. The van der Waals surface area contributed by atoms with Crippen LogP contribution in [0.3, 0.4) is 0 Å². The number of ether oxygens (including phenoxy) is 1. The second kappa shape index (κ2) is 5.14. The Morgan fingerprint density at radius 3 is 2.25 bits per heavy atom. The molecular formula is C9H18O3. The van der Waals surface area contributed by atoms with Gasteiger partial charge in [-0.1, -0.05) is 6.92 Å². The van der Waals surface area contributed by atoms with Crippen molar-refractivity contribution < 1.29 is 14.6 Å². The average Bonchev–Trinajstić information content (AvgIpc) is 2.00. The standard InChI is InChI=1S/C9H18O3/c1-5-8(10)7(4)9(11)12-6(2)3/h6-8,10H,5H2,1-4H3. The highest BCUT2D eigenvalue weighted by atomic mass is 16.5. The van der Waals surface area contributed by atoms with Crippen molar-refractivity contribution in [3.63, 3.8) is 0 Å². The SMILES string of the molecule is CCC(O)C(C)C(=O)OC(C)C. The summed E-state index contributed by atoms with van der Waals surface area (Å²) in [5, 5.41) is 9.31. The average molecular weight is 174 g/mol. The molecule has 0 saturated heterocycles. The zero-order valence-corrected chi connectivity index (χ0v) is 8.20. The summed E-state index contributed by atoms with van der Waals surface area (Å²) in [6.45, 7) is 7.11. The molecule has 0 aromatic carbocycles. The van der Waals surface area contributed by atoms with E-state index in [0.717, 1.165) is 0 Å². The summed E-state index contributed by atoms with van der Waals surface area (Å²) >= 11 is 0. The summed E-state index contributed by atoms with van der Waals surface area (Å²) in [7, 11) is 0. The first kappa shape index (κ1) is 11.4. The third-order valence-electron chi connectivity index (χ3n) is 1.72. The second-order valence-electron chi connectivity index (χ2n) is 3.25. The smallest absolute Gasteiger partial charge is 0.311 e. The van der Waals surface area contributed by atoms with Crippen LogP contribution in [-0.4, -0.2) is 23.3 Å². The van der Waals surface area contributed by atoms with Gasteiger partial charge in [-0.25, -0.2) is 0 Å². The zero-order chi connectivity index (χ0) is 9.72. The van der Waals surface area contributed by atoms with Crippen LogP contribution in [0.25, 0.3) is 0 Å². The highest BCUT2D eigenvalue weighted by Crippen LogP contribution is 2.09. The fourth-order valence-electron chi connectivity index (χ4n) is 0.850. The van der Waals surface area contributed by atoms with Crippen LogP contribution in [0.1, 0.15) is 34.1 Å². The maximum atomic E-state index is 11.2. The van der Waals surface area contributed by atoms with E-state index in [2.05, 4.69) is 0 Å². The molecule has 0 spiro atoms. The van der Waals surface area contributed by atoms with Gasteiger partial charge in [0.1, 0.15) is 0 Å². The molecule has 1 N–H and O–H groups in total. The Morgan fingerprint density at radius 2 is 1.92 bits per heavy atom. The molecule has 0 radical (unpaired) electrons. The van der Waals surface area contributed by atoms with Gasteiger partial charge in [0, 0.05) is 0 Å². The molecule has 0 amide bonds. The topological polar surface area (TPSA) is 46.5 Å². The van der Waals surface area contributed by atoms with Crippen molar-refractivity contribution in [1.29, 1.82) is 0 Å². The van der Waals surface area contributed by atoms with E-state index >= 15 is 0 Å².